The Hall–Kier alpha value is -2.84. The van der Waals surface area contributed by atoms with Crippen molar-refractivity contribution < 1.29 is 18.7 Å². The van der Waals surface area contributed by atoms with E-state index in [0.717, 1.165) is 10.6 Å². The predicted octanol–water partition coefficient (Wildman–Crippen LogP) is 3.61. The van der Waals surface area contributed by atoms with Gasteiger partial charge in [0.25, 0.3) is 11.8 Å². The van der Waals surface area contributed by atoms with E-state index in [2.05, 4.69) is 10.3 Å². The van der Waals surface area contributed by atoms with E-state index in [1.165, 1.54) is 23.9 Å². The van der Waals surface area contributed by atoms with Crippen LogP contribution in [0.1, 0.15) is 20.9 Å². The summed E-state index contributed by atoms with van der Waals surface area (Å²) in [6, 6.07) is 8.46. The van der Waals surface area contributed by atoms with Crippen LogP contribution in [-0.2, 0) is 17.8 Å². The molecule has 4 rings (SSSR count). The number of carbonyl (C=O) groups is 2. The van der Waals surface area contributed by atoms with Crippen molar-refractivity contribution in [3.63, 3.8) is 0 Å². The standard InChI is InChI=1S/C19H16ClN3O4S/c20-13-1-3-14(4-2-13)27-11-17(24)23-7-5-15-16(9-23)28-19(21-15)22-18(25)12-6-8-26-10-12/h1-4,6,8,10H,5,7,9,11H2,(H,21,22,25). The van der Waals surface area contributed by atoms with Crippen molar-refractivity contribution >= 4 is 39.9 Å². The molecule has 2 amide bonds. The molecule has 0 aliphatic carbocycles. The lowest BCUT2D eigenvalue weighted by Crippen LogP contribution is -2.38. The number of amides is 2. The van der Waals surface area contributed by atoms with E-state index in [0.29, 0.717) is 41.0 Å². The van der Waals surface area contributed by atoms with Crippen molar-refractivity contribution in [2.24, 2.45) is 0 Å². The average Bonchev–Trinajstić information content (AvgIpc) is 3.36. The normalized spacial score (nSPS) is 13.1. The van der Waals surface area contributed by atoms with Crippen molar-refractivity contribution in [1.29, 1.82) is 0 Å². The molecular formula is C19H16ClN3O4S. The SMILES string of the molecule is O=C(Nc1nc2c(s1)CN(C(=O)COc1ccc(Cl)cc1)CC2)c1ccoc1. The van der Waals surface area contributed by atoms with Gasteiger partial charge in [-0.3, -0.25) is 14.9 Å². The zero-order valence-electron chi connectivity index (χ0n) is 14.7. The molecule has 3 aromatic rings. The van der Waals surface area contributed by atoms with Crippen molar-refractivity contribution in [2.75, 3.05) is 18.5 Å². The van der Waals surface area contributed by atoms with Gasteiger partial charge >= 0.3 is 0 Å². The Labute approximate surface area is 169 Å². The molecule has 28 heavy (non-hydrogen) atoms. The zero-order valence-corrected chi connectivity index (χ0v) is 16.3. The molecule has 3 heterocycles. The van der Waals surface area contributed by atoms with Crippen molar-refractivity contribution in [3.05, 3.63) is 64.0 Å². The summed E-state index contributed by atoms with van der Waals surface area (Å²) < 4.78 is 10.5. The van der Waals surface area contributed by atoms with Gasteiger partial charge in [-0.2, -0.15) is 0 Å². The molecule has 1 aliphatic heterocycles. The Kier molecular flexibility index (Phi) is 5.31. The van der Waals surface area contributed by atoms with Crippen LogP contribution in [0.5, 0.6) is 5.75 Å². The van der Waals surface area contributed by atoms with E-state index in [9.17, 15) is 9.59 Å². The first-order chi connectivity index (χ1) is 13.6. The molecule has 7 nitrogen and oxygen atoms in total. The summed E-state index contributed by atoms with van der Waals surface area (Å²) in [6.45, 7) is 0.978. The largest absolute Gasteiger partial charge is 0.484 e. The minimum absolute atomic E-state index is 0.0418. The number of carbonyl (C=O) groups excluding carboxylic acids is 2. The lowest BCUT2D eigenvalue weighted by atomic mass is 10.2. The number of hydrogen-bond acceptors (Lipinski definition) is 6. The third-order valence-corrected chi connectivity index (χ3v) is 5.51. The molecule has 0 spiro atoms. The molecule has 0 saturated heterocycles. The molecule has 1 aromatic carbocycles. The Morgan fingerprint density at radius 2 is 2.11 bits per heavy atom. The average molecular weight is 418 g/mol. The van der Waals surface area contributed by atoms with Crippen molar-refractivity contribution in [3.8, 4) is 5.75 Å². The lowest BCUT2D eigenvalue weighted by molar-refractivity contribution is -0.134. The summed E-state index contributed by atoms with van der Waals surface area (Å²) in [4.78, 5) is 31.7. The quantitative estimate of drug-likeness (QED) is 0.685. The number of fused-ring (bicyclic) bond motifs is 1. The van der Waals surface area contributed by atoms with Crippen LogP contribution in [0.4, 0.5) is 5.13 Å². The van der Waals surface area contributed by atoms with E-state index < -0.39 is 0 Å². The maximum Gasteiger partial charge on any atom is 0.260 e. The lowest BCUT2D eigenvalue weighted by Gasteiger charge is -2.26. The second-order valence-corrected chi connectivity index (χ2v) is 7.68. The summed E-state index contributed by atoms with van der Waals surface area (Å²) in [5.74, 6) is 0.222. The van der Waals surface area contributed by atoms with Gasteiger partial charge in [0.15, 0.2) is 11.7 Å². The molecule has 2 aromatic heterocycles. The molecule has 0 atom stereocenters. The van der Waals surface area contributed by atoms with E-state index in [-0.39, 0.29) is 18.4 Å². The summed E-state index contributed by atoms with van der Waals surface area (Å²) >= 11 is 7.22. The number of thiazole rings is 1. The Morgan fingerprint density at radius 3 is 2.86 bits per heavy atom. The third kappa shape index (κ3) is 4.18. The molecule has 0 saturated carbocycles. The molecule has 0 fully saturated rings. The number of benzene rings is 1. The summed E-state index contributed by atoms with van der Waals surface area (Å²) in [7, 11) is 0. The molecule has 0 radical (unpaired) electrons. The minimum atomic E-state index is -0.274. The first kappa shape index (κ1) is 18.5. The third-order valence-electron chi connectivity index (χ3n) is 4.26. The van der Waals surface area contributed by atoms with Crippen LogP contribution in [0.2, 0.25) is 5.02 Å². The maximum atomic E-state index is 12.5. The van der Waals surface area contributed by atoms with E-state index >= 15 is 0 Å². The smallest absolute Gasteiger partial charge is 0.260 e. The van der Waals surface area contributed by atoms with Crippen LogP contribution in [0.3, 0.4) is 0 Å². The Morgan fingerprint density at radius 1 is 1.29 bits per heavy atom. The van der Waals surface area contributed by atoms with Gasteiger partial charge in [-0.15, -0.1) is 0 Å². The second kappa shape index (κ2) is 8.04. The number of rotatable bonds is 5. The van der Waals surface area contributed by atoms with Gasteiger partial charge < -0.3 is 14.1 Å². The van der Waals surface area contributed by atoms with Crippen molar-refractivity contribution in [2.45, 2.75) is 13.0 Å². The number of nitrogens with zero attached hydrogens (tertiary/aromatic N) is 2. The number of aromatic nitrogens is 1. The Balaban J connectivity index is 1.35. The zero-order chi connectivity index (χ0) is 19.5. The van der Waals surface area contributed by atoms with Gasteiger partial charge in [-0.1, -0.05) is 22.9 Å². The minimum Gasteiger partial charge on any atom is -0.484 e. The fourth-order valence-corrected chi connectivity index (χ4v) is 3.94. The number of hydrogen-bond donors (Lipinski definition) is 1. The van der Waals surface area contributed by atoms with Crippen LogP contribution >= 0.6 is 22.9 Å². The number of ether oxygens (including phenoxy) is 1. The van der Waals surface area contributed by atoms with Gasteiger partial charge in [0.2, 0.25) is 0 Å². The first-order valence-electron chi connectivity index (χ1n) is 8.57. The van der Waals surface area contributed by atoms with Crippen LogP contribution in [0, 0.1) is 0 Å². The van der Waals surface area contributed by atoms with E-state index in [1.54, 1.807) is 35.2 Å². The summed E-state index contributed by atoms with van der Waals surface area (Å²) in [5, 5.41) is 3.90. The summed E-state index contributed by atoms with van der Waals surface area (Å²) in [5.41, 5.74) is 1.35. The van der Waals surface area contributed by atoms with Crippen LogP contribution < -0.4 is 10.1 Å². The topological polar surface area (TPSA) is 84.7 Å². The fourth-order valence-electron chi connectivity index (χ4n) is 2.79. The van der Waals surface area contributed by atoms with Gasteiger partial charge in [0, 0.05) is 22.9 Å². The second-order valence-electron chi connectivity index (χ2n) is 6.16. The molecular weight excluding hydrogens is 402 g/mol. The molecule has 144 valence electrons. The van der Waals surface area contributed by atoms with Gasteiger partial charge in [0.05, 0.1) is 24.1 Å². The molecule has 0 unspecified atom stereocenters. The number of anilines is 1. The van der Waals surface area contributed by atoms with Crippen LogP contribution in [0.25, 0.3) is 0 Å². The molecule has 1 aliphatic rings. The van der Waals surface area contributed by atoms with Crippen LogP contribution in [-0.4, -0.2) is 34.8 Å². The first-order valence-corrected chi connectivity index (χ1v) is 9.76. The Bertz CT molecular complexity index is 985. The summed E-state index contributed by atoms with van der Waals surface area (Å²) in [6.07, 6.45) is 3.46. The molecule has 0 bridgehead atoms. The fraction of sp³-hybridized carbons (Fsp3) is 0.211. The van der Waals surface area contributed by atoms with Gasteiger partial charge in [-0.25, -0.2) is 4.98 Å². The van der Waals surface area contributed by atoms with Gasteiger partial charge in [0.1, 0.15) is 12.0 Å². The molecule has 9 heteroatoms. The highest BCUT2D eigenvalue weighted by Crippen LogP contribution is 2.29. The highest BCUT2D eigenvalue weighted by molar-refractivity contribution is 7.15. The van der Waals surface area contributed by atoms with Crippen LogP contribution in [0.15, 0.2) is 47.3 Å². The number of halogens is 1. The maximum absolute atomic E-state index is 12.5. The van der Waals surface area contributed by atoms with Gasteiger partial charge in [-0.05, 0) is 30.3 Å². The highest BCUT2D eigenvalue weighted by atomic mass is 35.5. The number of furan rings is 1. The highest BCUT2D eigenvalue weighted by Gasteiger charge is 2.25. The monoisotopic (exact) mass is 417 g/mol. The van der Waals surface area contributed by atoms with E-state index in [4.69, 9.17) is 20.8 Å². The number of nitrogens with one attached hydrogen (secondary N) is 1. The van der Waals surface area contributed by atoms with E-state index in [1.807, 2.05) is 0 Å². The molecule has 1 N–H and O–H groups in total. The predicted molar refractivity (Wildman–Crippen MR) is 105 cm³/mol. The van der Waals surface area contributed by atoms with Crippen molar-refractivity contribution in [1.82, 2.24) is 9.88 Å².